The molecule has 0 atom stereocenters. The monoisotopic (exact) mass is 301 g/mol. The molecular formula is C14H15N5OS. The van der Waals surface area contributed by atoms with E-state index in [-0.39, 0.29) is 5.56 Å². The van der Waals surface area contributed by atoms with Gasteiger partial charge < -0.3 is 4.98 Å². The number of nitrogens with zero attached hydrogens (tertiary/aromatic N) is 4. The van der Waals surface area contributed by atoms with Crippen LogP contribution in [0, 0.1) is 0 Å². The molecule has 0 saturated carbocycles. The fraction of sp³-hybridized carbons (Fsp3) is 0.429. The minimum absolute atomic E-state index is 0.0190. The third-order valence-electron chi connectivity index (χ3n) is 3.91. The van der Waals surface area contributed by atoms with Crippen LogP contribution in [0.3, 0.4) is 0 Å². The maximum atomic E-state index is 12.4. The molecule has 3 heterocycles. The van der Waals surface area contributed by atoms with E-state index >= 15 is 0 Å². The Morgan fingerprint density at radius 1 is 1.29 bits per heavy atom. The highest BCUT2D eigenvalue weighted by Gasteiger charge is 2.18. The van der Waals surface area contributed by atoms with Crippen LogP contribution in [0.25, 0.3) is 10.2 Å². The third-order valence-corrected chi connectivity index (χ3v) is 5.09. The van der Waals surface area contributed by atoms with Gasteiger partial charge in [0.25, 0.3) is 5.56 Å². The summed E-state index contributed by atoms with van der Waals surface area (Å²) in [6.45, 7) is 0.438. The summed E-state index contributed by atoms with van der Waals surface area (Å²) in [5.74, 6) is 0.634. The number of hydrogen-bond donors (Lipinski definition) is 1. The van der Waals surface area contributed by atoms with E-state index in [9.17, 15) is 4.79 Å². The molecule has 4 rings (SSSR count). The molecule has 0 saturated heterocycles. The summed E-state index contributed by atoms with van der Waals surface area (Å²) >= 11 is 1.68. The molecule has 6 nitrogen and oxygen atoms in total. The van der Waals surface area contributed by atoms with Crippen molar-refractivity contribution in [3.05, 3.63) is 39.0 Å². The topological polar surface area (TPSA) is 76.5 Å². The Hall–Kier alpha value is -2.02. The van der Waals surface area contributed by atoms with Gasteiger partial charge in [0.1, 0.15) is 17.2 Å². The zero-order valence-corrected chi connectivity index (χ0v) is 12.3. The van der Waals surface area contributed by atoms with Crippen molar-refractivity contribution in [1.29, 1.82) is 0 Å². The van der Waals surface area contributed by atoms with Crippen LogP contribution in [0.5, 0.6) is 0 Å². The fourth-order valence-corrected chi connectivity index (χ4v) is 4.21. The van der Waals surface area contributed by atoms with Crippen molar-refractivity contribution in [2.75, 3.05) is 0 Å². The quantitative estimate of drug-likeness (QED) is 0.733. The number of thiophene rings is 1. The average Bonchev–Trinajstić information content (AvgIpc) is 3.02. The minimum atomic E-state index is -0.0190. The maximum absolute atomic E-state index is 12.4. The summed E-state index contributed by atoms with van der Waals surface area (Å²) in [6, 6.07) is 0. The summed E-state index contributed by atoms with van der Waals surface area (Å²) in [5.41, 5.74) is 1.21. The van der Waals surface area contributed by atoms with Crippen molar-refractivity contribution in [3.8, 4) is 0 Å². The summed E-state index contributed by atoms with van der Waals surface area (Å²) < 4.78 is 1.66. The highest BCUT2D eigenvalue weighted by Crippen LogP contribution is 2.32. The lowest BCUT2D eigenvalue weighted by Crippen LogP contribution is -2.14. The second-order valence-electron chi connectivity index (χ2n) is 5.36. The smallest absolute Gasteiger partial charge is 0.259 e. The normalized spacial score (nSPS) is 15.0. The zero-order chi connectivity index (χ0) is 14.2. The Balaban J connectivity index is 1.82. The number of hydrogen-bond acceptors (Lipinski definition) is 5. The summed E-state index contributed by atoms with van der Waals surface area (Å²) in [6.07, 6.45) is 9.08. The Kier molecular flexibility index (Phi) is 3.07. The van der Waals surface area contributed by atoms with Gasteiger partial charge in [-0.3, -0.25) is 4.79 Å². The van der Waals surface area contributed by atoms with E-state index in [1.54, 1.807) is 28.4 Å². The molecule has 0 radical (unpaired) electrons. The van der Waals surface area contributed by atoms with Crippen LogP contribution in [0.2, 0.25) is 0 Å². The van der Waals surface area contributed by atoms with Crippen molar-refractivity contribution in [2.24, 2.45) is 0 Å². The van der Waals surface area contributed by atoms with Gasteiger partial charge in [0.15, 0.2) is 0 Å². The second kappa shape index (κ2) is 5.07. The minimum Gasteiger partial charge on any atom is -0.308 e. The van der Waals surface area contributed by atoms with Crippen molar-refractivity contribution in [1.82, 2.24) is 25.0 Å². The Labute approximate surface area is 124 Å². The molecule has 7 heteroatoms. The molecule has 3 aromatic heterocycles. The average molecular weight is 301 g/mol. The molecule has 0 amide bonds. The second-order valence-corrected chi connectivity index (χ2v) is 6.44. The van der Waals surface area contributed by atoms with Crippen molar-refractivity contribution >= 4 is 21.6 Å². The third kappa shape index (κ3) is 2.27. The first-order valence-corrected chi connectivity index (χ1v) is 8.00. The van der Waals surface area contributed by atoms with E-state index in [0.717, 1.165) is 23.1 Å². The van der Waals surface area contributed by atoms with E-state index in [2.05, 4.69) is 20.3 Å². The zero-order valence-electron chi connectivity index (χ0n) is 11.5. The highest BCUT2D eigenvalue weighted by atomic mass is 32.1. The lowest BCUT2D eigenvalue weighted by Gasteiger charge is -2.01. The first-order chi connectivity index (χ1) is 10.3. The van der Waals surface area contributed by atoms with Crippen LogP contribution in [-0.2, 0) is 19.4 Å². The first-order valence-electron chi connectivity index (χ1n) is 7.19. The molecule has 0 aromatic carbocycles. The van der Waals surface area contributed by atoms with Gasteiger partial charge in [0.05, 0.1) is 11.6 Å². The molecule has 0 unspecified atom stereocenters. The molecule has 1 aliphatic carbocycles. The Morgan fingerprint density at radius 3 is 3.05 bits per heavy atom. The van der Waals surface area contributed by atoms with Gasteiger partial charge in [0.2, 0.25) is 0 Å². The summed E-state index contributed by atoms with van der Waals surface area (Å²) in [7, 11) is 0. The Morgan fingerprint density at radius 2 is 2.19 bits per heavy atom. The SMILES string of the molecule is O=c1[nH]c(Cn2ccnn2)nc2sc3c(c12)CCCCC3. The van der Waals surface area contributed by atoms with Crippen molar-refractivity contribution in [2.45, 2.75) is 38.6 Å². The van der Waals surface area contributed by atoms with Gasteiger partial charge >= 0.3 is 0 Å². The number of nitrogens with one attached hydrogen (secondary N) is 1. The molecule has 0 fully saturated rings. The summed E-state index contributed by atoms with van der Waals surface area (Å²) in [4.78, 5) is 22.2. The van der Waals surface area contributed by atoms with Gasteiger partial charge in [0, 0.05) is 11.1 Å². The standard InChI is InChI=1S/C14H15N5OS/c20-13-12-9-4-2-1-3-5-10(9)21-14(12)17-11(16-13)8-19-7-6-15-18-19/h6-7H,1-5,8H2,(H,16,17,20). The van der Waals surface area contributed by atoms with Crippen LogP contribution in [0.15, 0.2) is 17.2 Å². The first kappa shape index (κ1) is 12.7. The summed E-state index contributed by atoms with van der Waals surface area (Å²) in [5, 5.41) is 8.47. The van der Waals surface area contributed by atoms with Crippen LogP contribution in [-0.4, -0.2) is 25.0 Å². The molecule has 1 aliphatic rings. The lowest BCUT2D eigenvalue weighted by molar-refractivity contribution is 0.625. The molecular weight excluding hydrogens is 286 g/mol. The molecule has 21 heavy (non-hydrogen) atoms. The van der Waals surface area contributed by atoms with Gasteiger partial charge in [-0.25, -0.2) is 9.67 Å². The molecule has 108 valence electrons. The molecule has 1 N–H and O–H groups in total. The molecule has 0 bridgehead atoms. The predicted molar refractivity (Wildman–Crippen MR) is 80.6 cm³/mol. The lowest BCUT2D eigenvalue weighted by atomic mass is 10.1. The van der Waals surface area contributed by atoms with Gasteiger partial charge in [-0.2, -0.15) is 0 Å². The Bertz CT molecular complexity index is 833. The van der Waals surface area contributed by atoms with Crippen molar-refractivity contribution < 1.29 is 0 Å². The number of rotatable bonds is 2. The number of fused-ring (bicyclic) bond motifs is 3. The number of aromatic amines is 1. The van der Waals surface area contributed by atoms with E-state index < -0.39 is 0 Å². The van der Waals surface area contributed by atoms with E-state index in [1.165, 1.54) is 29.7 Å². The van der Waals surface area contributed by atoms with E-state index in [4.69, 9.17) is 0 Å². The van der Waals surface area contributed by atoms with Gasteiger partial charge in [-0.1, -0.05) is 11.6 Å². The number of H-pyrrole nitrogens is 1. The van der Waals surface area contributed by atoms with Gasteiger partial charge in [-0.05, 0) is 31.2 Å². The van der Waals surface area contributed by atoms with E-state index in [0.29, 0.717) is 12.4 Å². The largest absolute Gasteiger partial charge is 0.308 e. The maximum Gasteiger partial charge on any atom is 0.259 e. The molecule has 0 spiro atoms. The van der Waals surface area contributed by atoms with Gasteiger partial charge in [-0.15, -0.1) is 16.4 Å². The van der Waals surface area contributed by atoms with Crippen LogP contribution in [0.1, 0.15) is 35.5 Å². The van der Waals surface area contributed by atoms with Crippen LogP contribution >= 0.6 is 11.3 Å². The van der Waals surface area contributed by atoms with Crippen LogP contribution in [0.4, 0.5) is 0 Å². The molecule has 3 aromatic rings. The number of aryl methyl sites for hydroxylation is 2. The van der Waals surface area contributed by atoms with Crippen LogP contribution < -0.4 is 5.56 Å². The van der Waals surface area contributed by atoms with E-state index in [1.807, 2.05) is 0 Å². The number of aromatic nitrogens is 5. The highest BCUT2D eigenvalue weighted by molar-refractivity contribution is 7.18. The fourth-order valence-electron chi connectivity index (χ4n) is 2.93. The molecule has 0 aliphatic heterocycles. The van der Waals surface area contributed by atoms with Crippen molar-refractivity contribution in [3.63, 3.8) is 0 Å². The predicted octanol–water partition coefficient (Wildman–Crippen LogP) is 1.89.